The first-order valence-corrected chi connectivity index (χ1v) is 7.98. The number of rotatable bonds is 4. The van der Waals surface area contributed by atoms with Gasteiger partial charge in [-0.1, -0.05) is 39.2 Å². The molecule has 1 aromatic rings. The predicted molar refractivity (Wildman–Crippen MR) is 83.5 cm³/mol. The standard InChI is InChI=1S/C18H28FN/c1-5-20-17(18(4)9-7-6-8-10-18)16-14(3)11-13(2)12-15(16)19/h11-12,17,20H,5-10H2,1-4H3. The second-order valence-corrected chi connectivity index (χ2v) is 6.68. The van der Waals surface area contributed by atoms with Crippen molar-refractivity contribution in [2.75, 3.05) is 6.54 Å². The average molecular weight is 277 g/mol. The number of halogens is 1. The third kappa shape index (κ3) is 3.06. The molecular formula is C18H28FN. The van der Waals surface area contributed by atoms with Crippen LogP contribution in [-0.4, -0.2) is 6.54 Å². The molecule has 1 atom stereocenters. The van der Waals surface area contributed by atoms with Crippen LogP contribution in [0.3, 0.4) is 0 Å². The Morgan fingerprint density at radius 1 is 1.20 bits per heavy atom. The summed E-state index contributed by atoms with van der Waals surface area (Å²) in [5.74, 6) is -0.0414. The Kier molecular flexibility index (Phi) is 4.85. The van der Waals surface area contributed by atoms with Gasteiger partial charge in [0.25, 0.3) is 0 Å². The van der Waals surface area contributed by atoms with E-state index in [1.54, 1.807) is 6.07 Å². The normalized spacial score (nSPS) is 19.9. The van der Waals surface area contributed by atoms with Gasteiger partial charge in [-0.05, 0) is 55.8 Å². The summed E-state index contributed by atoms with van der Waals surface area (Å²) in [7, 11) is 0. The molecule has 1 aromatic carbocycles. The minimum absolute atomic E-state index is 0.0414. The van der Waals surface area contributed by atoms with Gasteiger partial charge in [-0.25, -0.2) is 4.39 Å². The summed E-state index contributed by atoms with van der Waals surface area (Å²) in [4.78, 5) is 0. The molecule has 1 aliphatic rings. The van der Waals surface area contributed by atoms with Crippen LogP contribution in [0.5, 0.6) is 0 Å². The fourth-order valence-corrected chi connectivity index (χ4v) is 3.84. The van der Waals surface area contributed by atoms with Gasteiger partial charge < -0.3 is 5.32 Å². The van der Waals surface area contributed by atoms with Gasteiger partial charge in [0.05, 0.1) is 0 Å². The Labute approximate surface area is 123 Å². The van der Waals surface area contributed by atoms with E-state index in [-0.39, 0.29) is 17.3 Å². The zero-order chi connectivity index (χ0) is 14.8. The molecular weight excluding hydrogens is 249 g/mol. The van der Waals surface area contributed by atoms with Crippen molar-refractivity contribution in [3.63, 3.8) is 0 Å². The number of aryl methyl sites for hydroxylation is 2. The van der Waals surface area contributed by atoms with Gasteiger partial charge in [0, 0.05) is 11.6 Å². The minimum Gasteiger partial charge on any atom is -0.310 e. The summed E-state index contributed by atoms with van der Waals surface area (Å²) in [5.41, 5.74) is 3.16. The number of hydrogen-bond acceptors (Lipinski definition) is 1. The lowest BCUT2D eigenvalue weighted by Crippen LogP contribution is -2.38. The molecule has 112 valence electrons. The highest BCUT2D eigenvalue weighted by Crippen LogP contribution is 2.46. The smallest absolute Gasteiger partial charge is 0.128 e. The number of nitrogens with one attached hydrogen (secondary N) is 1. The predicted octanol–water partition coefficient (Wildman–Crippen LogP) is 5.06. The lowest BCUT2D eigenvalue weighted by Gasteiger charge is -2.42. The molecule has 0 aromatic heterocycles. The molecule has 1 aliphatic carbocycles. The Balaban J connectivity index is 2.43. The summed E-state index contributed by atoms with van der Waals surface area (Å²) in [6, 6.07) is 3.92. The molecule has 1 fully saturated rings. The van der Waals surface area contributed by atoms with Crippen LogP contribution in [0.4, 0.5) is 4.39 Å². The van der Waals surface area contributed by atoms with Crippen LogP contribution in [0, 0.1) is 25.1 Å². The fraction of sp³-hybridized carbons (Fsp3) is 0.667. The Bertz CT molecular complexity index is 437. The monoisotopic (exact) mass is 277 g/mol. The zero-order valence-corrected chi connectivity index (χ0v) is 13.4. The first kappa shape index (κ1) is 15.5. The van der Waals surface area contributed by atoms with Crippen molar-refractivity contribution in [2.24, 2.45) is 5.41 Å². The topological polar surface area (TPSA) is 12.0 Å². The maximum absolute atomic E-state index is 14.6. The third-order valence-electron chi connectivity index (χ3n) is 4.87. The molecule has 0 radical (unpaired) electrons. The van der Waals surface area contributed by atoms with Gasteiger partial charge >= 0.3 is 0 Å². The van der Waals surface area contributed by atoms with Crippen LogP contribution in [0.15, 0.2) is 12.1 Å². The molecule has 1 saturated carbocycles. The molecule has 2 rings (SSSR count). The zero-order valence-electron chi connectivity index (χ0n) is 13.4. The van der Waals surface area contributed by atoms with E-state index < -0.39 is 0 Å². The van der Waals surface area contributed by atoms with Crippen molar-refractivity contribution in [3.05, 3.63) is 34.6 Å². The summed E-state index contributed by atoms with van der Waals surface area (Å²) in [5, 5.41) is 3.57. The van der Waals surface area contributed by atoms with Gasteiger partial charge in [-0.2, -0.15) is 0 Å². The lowest BCUT2D eigenvalue weighted by molar-refractivity contribution is 0.143. The van der Waals surface area contributed by atoms with Crippen LogP contribution in [0.2, 0.25) is 0 Å². The Morgan fingerprint density at radius 2 is 1.85 bits per heavy atom. The van der Waals surface area contributed by atoms with Gasteiger partial charge in [-0.3, -0.25) is 0 Å². The number of hydrogen-bond donors (Lipinski definition) is 1. The minimum atomic E-state index is -0.0414. The molecule has 0 heterocycles. The molecule has 0 aliphatic heterocycles. The van der Waals surface area contributed by atoms with E-state index in [1.807, 2.05) is 13.8 Å². The Morgan fingerprint density at radius 3 is 2.40 bits per heavy atom. The van der Waals surface area contributed by atoms with Gasteiger partial charge in [-0.15, -0.1) is 0 Å². The molecule has 0 amide bonds. The molecule has 1 unspecified atom stereocenters. The second kappa shape index (κ2) is 6.26. The van der Waals surface area contributed by atoms with Crippen LogP contribution in [0.1, 0.15) is 68.7 Å². The van der Waals surface area contributed by atoms with Crippen LogP contribution in [0.25, 0.3) is 0 Å². The fourth-order valence-electron chi connectivity index (χ4n) is 3.84. The van der Waals surface area contributed by atoms with Crippen molar-refractivity contribution in [1.29, 1.82) is 0 Å². The van der Waals surface area contributed by atoms with Crippen molar-refractivity contribution in [2.45, 2.75) is 65.8 Å². The third-order valence-corrected chi connectivity index (χ3v) is 4.87. The molecule has 1 N–H and O–H groups in total. The van der Waals surface area contributed by atoms with Gasteiger partial charge in [0.1, 0.15) is 5.82 Å². The first-order valence-electron chi connectivity index (χ1n) is 7.98. The maximum Gasteiger partial charge on any atom is 0.128 e. The molecule has 20 heavy (non-hydrogen) atoms. The maximum atomic E-state index is 14.6. The molecule has 0 saturated heterocycles. The average Bonchev–Trinajstić information content (AvgIpc) is 2.37. The van der Waals surface area contributed by atoms with E-state index >= 15 is 0 Å². The van der Waals surface area contributed by atoms with Gasteiger partial charge in [0.2, 0.25) is 0 Å². The quantitative estimate of drug-likeness (QED) is 0.810. The van der Waals surface area contributed by atoms with Crippen molar-refractivity contribution in [3.8, 4) is 0 Å². The van der Waals surface area contributed by atoms with E-state index in [9.17, 15) is 4.39 Å². The molecule has 0 bridgehead atoms. The van der Waals surface area contributed by atoms with Crippen molar-refractivity contribution < 1.29 is 4.39 Å². The number of benzene rings is 1. The van der Waals surface area contributed by atoms with E-state index in [0.717, 1.165) is 23.2 Å². The highest BCUT2D eigenvalue weighted by Gasteiger charge is 2.37. The summed E-state index contributed by atoms with van der Waals surface area (Å²) < 4.78 is 14.6. The van der Waals surface area contributed by atoms with Crippen molar-refractivity contribution >= 4 is 0 Å². The van der Waals surface area contributed by atoms with Crippen LogP contribution in [-0.2, 0) is 0 Å². The van der Waals surface area contributed by atoms with Crippen LogP contribution < -0.4 is 5.32 Å². The SMILES string of the molecule is CCNC(c1c(C)cc(C)cc1F)C1(C)CCCCC1. The van der Waals surface area contributed by atoms with E-state index in [2.05, 4.69) is 25.2 Å². The largest absolute Gasteiger partial charge is 0.310 e. The van der Waals surface area contributed by atoms with Crippen molar-refractivity contribution in [1.82, 2.24) is 5.32 Å². The Hall–Kier alpha value is -0.890. The second-order valence-electron chi connectivity index (χ2n) is 6.68. The molecule has 1 nitrogen and oxygen atoms in total. The van der Waals surface area contributed by atoms with Gasteiger partial charge in [0.15, 0.2) is 0 Å². The highest BCUT2D eigenvalue weighted by molar-refractivity contribution is 5.35. The highest BCUT2D eigenvalue weighted by atomic mass is 19.1. The summed E-state index contributed by atoms with van der Waals surface area (Å²) >= 11 is 0. The van der Waals surface area contributed by atoms with Crippen LogP contribution >= 0.6 is 0 Å². The molecule has 0 spiro atoms. The summed E-state index contributed by atoms with van der Waals surface area (Å²) in [6.07, 6.45) is 6.24. The lowest BCUT2D eigenvalue weighted by atomic mass is 9.68. The molecule has 2 heteroatoms. The van der Waals surface area contributed by atoms with E-state index in [4.69, 9.17) is 0 Å². The first-order chi connectivity index (χ1) is 9.48. The van der Waals surface area contributed by atoms with E-state index in [1.165, 1.54) is 32.1 Å². The summed E-state index contributed by atoms with van der Waals surface area (Å²) in [6.45, 7) is 9.33. The van der Waals surface area contributed by atoms with E-state index in [0.29, 0.717) is 0 Å².